The lowest BCUT2D eigenvalue weighted by Crippen LogP contribution is -2.46. The topological polar surface area (TPSA) is 74.7 Å². The molecule has 0 spiro atoms. The molecule has 0 unspecified atom stereocenters. The number of carbonyl (C=O) groups is 1. The number of hydrogen-bond acceptors (Lipinski definition) is 5. The molecule has 1 fully saturated rings. The number of rotatable bonds is 3. The van der Waals surface area contributed by atoms with E-state index >= 15 is 0 Å². The molecule has 5 nitrogen and oxygen atoms in total. The minimum atomic E-state index is -3.72. The Balaban J connectivity index is 2.37. The number of aromatic carboxylic acids is 1. The second-order valence-corrected chi connectivity index (χ2v) is 9.49. The van der Waals surface area contributed by atoms with Crippen LogP contribution in [0.3, 0.4) is 0 Å². The molecule has 2 heterocycles. The minimum Gasteiger partial charge on any atom is -0.477 e. The van der Waals surface area contributed by atoms with Crippen LogP contribution in [0.2, 0.25) is 0 Å². The van der Waals surface area contributed by atoms with E-state index in [9.17, 15) is 13.2 Å². The highest BCUT2D eigenvalue weighted by molar-refractivity contribution is 8.00. The Morgan fingerprint density at radius 3 is 2.74 bits per heavy atom. The van der Waals surface area contributed by atoms with Gasteiger partial charge in [-0.1, -0.05) is 0 Å². The summed E-state index contributed by atoms with van der Waals surface area (Å²) in [6.07, 6.45) is 0. The first-order chi connectivity index (χ1) is 8.74. The van der Waals surface area contributed by atoms with E-state index in [2.05, 4.69) is 0 Å². The highest BCUT2D eigenvalue weighted by Gasteiger charge is 2.36. The van der Waals surface area contributed by atoms with Crippen LogP contribution in [0.5, 0.6) is 0 Å². The summed E-state index contributed by atoms with van der Waals surface area (Å²) in [5, 5.41) is 10.5. The zero-order chi connectivity index (χ0) is 14.3. The molecule has 1 aromatic rings. The lowest BCUT2D eigenvalue weighted by Gasteiger charge is -2.36. The third-order valence-electron chi connectivity index (χ3n) is 2.83. The summed E-state index contributed by atoms with van der Waals surface area (Å²) < 4.78 is 26.3. The van der Waals surface area contributed by atoms with Crippen LogP contribution in [0.15, 0.2) is 16.3 Å². The summed E-state index contributed by atoms with van der Waals surface area (Å²) in [7, 11) is -3.72. The van der Waals surface area contributed by atoms with Gasteiger partial charge in [-0.2, -0.15) is 16.1 Å². The first-order valence-corrected chi connectivity index (χ1v) is 8.99. The predicted molar refractivity (Wildman–Crippen MR) is 76.6 cm³/mol. The van der Waals surface area contributed by atoms with Gasteiger partial charge in [0.15, 0.2) is 0 Å². The average Bonchev–Trinajstić information content (AvgIpc) is 2.77. The lowest BCUT2D eigenvalue weighted by atomic mass is 10.2. The zero-order valence-electron chi connectivity index (χ0n) is 10.6. The van der Waals surface area contributed by atoms with E-state index in [0.29, 0.717) is 13.1 Å². The molecule has 0 saturated carbocycles. The fraction of sp³-hybridized carbons (Fsp3) is 0.545. The van der Waals surface area contributed by atoms with E-state index in [-0.39, 0.29) is 14.5 Å². The van der Waals surface area contributed by atoms with Gasteiger partial charge in [0.25, 0.3) is 0 Å². The number of carboxylic acid groups (broad SMARTS) is 1. The van der Waals surface area contributed by atoms with Crippen LogP contribution in [0.25, 0.3) is 0 Å². The number of nitrogens with zero attached hydrogens (tertiary/aromatic N) is 1. The van der Waals surface area contributed by atoms with Crippen molar-refractivity contribution in [1.29, 1.82) is 0 Å². The van der Waals surface area contributed by atoms with Gasteiger partial charge in [0.1, 0.15) is 9.77 Å². The number of hydrogen-bond donors (Lipinski definition) is 1. The molecule has 2 rings (SSSR count). The molecule has 1 aliphatic heterocycles. The molecule has 1 N–H and O–H groups in total. The SMILES string of the molecule is CC1(C)CN(S(=O)(=O)c2ccsc2C(=O)O)CCS1. The summed E-state index contributed by atoms with van der Waals surface area (Å²) in [5.74, 6) is -0.474. The van der Waals surface area contributed by atoms with Crippen LogP contribution < -0.4 is 0 Å². The van der Waals surface area contributed by atoms with Crippen LogP contribution in [0, 0.1) is 0 Å². The van der Waals surface area contributed by atoms with Gasteiger partial charge in [-0.15, -0.1) is 11.3 Å². The van der Waals surface area contributed by atoms with Crippen molar-refractivity contribution in [2.45, 2.75) is 23.5 Å². The molecule has 0 aromatic carbocycles. The van der Waals surface area contributed by atoms with Gasteiger partial charge in [0.2, 0.25) is 10.0 Å². The molecular weight excluding hydrogens is 306 g/mol. The lowest BCUT2D eigenvalue weighted by molar-refractivity contribution is 0.0698. The molecule has 0 amide bonds. The standard InChI is InChI=1S/C11H15NO4S3/c1-11(2)7-12(4-6-18-11)19(15,16)8-3-5-17-9(8)10(13)14/h3,5H,4,6-7H2,1-2H3,(H,13,14). The van der Waals surface area contributed by atoms with Gasteiger partial charge in [-0.05, 0) is 25.3 Å². The highest BCUT2D eigenvalue weighted by Crippen LogP contribution is 2.34. The van der Waals surface area contributed by atoms with Gasteiger partial charge < -0.3 is 5.11 Å². The predicted octanol–water partition coefficient (Wildman–Crippen LogP) is 1.96. The smallest absolute Gasteiger partial charge is 0.347 e. The Morgan fingerprint density at radius 2 is 2.16 bits per heavy atom. The number of thiophene rings is 1. The van der Waals surface area contributed by atoms with Crippen LogP contribution >= 0.6 is 23.1 Å². The molecule has 1 aromatic heterocycles. The first-order valence-electron chi connectivity index (χ1n) is 5.69. The van der Waals surface area contributed by atoms with Crippen LogP contribution in [-0.4, -0.2) is 47.4 Å². The van der Waals surface area contributed by atoms with Crippen LogP contribution in [0.4, 0.5) is 0 Å². The first kappa shape index (κ1) is 14.8. The monoisotopic (exact) mass is 321 g/mol. The molecule has 0 aliphatic carbocycles. The normalized spacial score (nSPS) is 20.3. The second-order valence-electron chi connectivity index (χ2n) is 4.87. The highest BCUT2D eigenvalue weighted by atomic mass is 32.2. The molecule has 19 heavy (non-hydrogen) atoms. The molecule has 0 radical (unpaired) electrons. The van der Waals surface area contributed by atoms with Crippen molar-refractivity contribution in [3.63, 3.8) is 0 Å². The van der Waals surface area contributed by atoms with Gasteiger partial charge in [0.05, 0.1) is 0 Å². The average molecular weight is 321 g/mol. The summed E-state index contributed by atoms with van der Waals surface area (Å²) in [5.41, 5.74) is 0. The van der Waals surface area contributed by atoms with E-state index in [1.807, 2.05) is 13.8 Å². The number of sulfonamides is 1. The Hall–Kier alpha value is -0.570. The third kappa shape index (κ3) is 2.96. The molecule has 1 saturated heterocycles. The quantitative estimate of drug-likeness (QED) is 0.921. The van der Waals surface area contributed by atoms with E-state index in [1.165, 1.54) is 15.8 Å². The Kier molecular flexibility index (Phi) is 3.97. The maximum absolute atomic E-state index is 12.5. The van der Waals surface area contributed by atoms with Crippen molar-refractivity contribution in [2.75, 3.05) is 18.8 Å². The van der Waals surface area contributed by atoms with Crippen molar-refractivity contribution >= 4 is 39.1 Å². The van der Waals surface area contributed by atoms with Gasteiger partial charge in [0, 0.05) is 23.6 Å². The molecule has 0 atom stereocenters. The molecule has 106 valence electrons. The summed E-state index contributed by atoms with van der Waals surface area (Å²) in [4.78, 5) is 10.9. The summed E-state index contributed by atoms with van der Waals surface area (Å²) >= 11 is 2.67. The fourth-order valence-corrected chi connectivity index (χ4v) is 6.12. The largest absolute Gasteiger partial charge is 0.477 e. The van der Waals surface area contributed by atoms with Crippen molar-refractivity contribution in [3.05, 3.63) is 16.3 Å². The minimum absolute atomic E-state index is 0.0901. The van der Waals surface area contributed by atoms with Crippen molar-refractivity contribution in [1.82, 2.24) is 4.31 Å². The molecule has 1 aliphatic rings. The van der Waals surface area contributed by atoms with Gasteiger partial charge >= 0.3 is 5.97 Å². The zero-order valence-corrected chi connectivity index (χ0v) is 13.1. The van der Waals surface area contributed by atoms with Gasteiger partial charge in [-0.3, -0.25) is 0 Å². The van der Waals surface area contributed by atoms with E-state index in [0.717, 1.165) is 17.1 Å². The maximum Gasteiger partial charge on any atom is 0.347 e. The van der Waals surface area contributed by atoms with Crippen molar-refractivity contribution < 1.29 is 18.3 Å². The Morgan fingerprint density at radius 1 is 1.47 bits per heavy atom. The summed E-state index contributed by atoms with van der Waals surface area (Å²) in [6, 6.07) is 1.37. The van der Waals surface area contributed by atoms with E-state index in [1.54, 1.807) is 11.8 Å². The number of thioether (sulfide) groups is 1. The molecular formula is C11H15NO4S3. The Bertz CT molecular complexity index is 591. The fourth-order valence-electron chi connectivity index (χ4n) is 1.97. The van der Waals surface area contributed by atoms with E-state index in [4.69, 9.17) is 5.11 Å². The van der Waals surface area contributed by atoms with Crippen LogP contribution in [-0.2, 0) is 10.0 Å². The van der Waals surface area contributed by atoms with Crippen LogP contribution in [0.1, 0.15) is 23.5 Å². The molecule has 0 bridgehead atoms. The maximum atomic E-state index is 12.5. The Labute approximate surface area is 120 Å². The van der Waals surface area contributed by atoms with Gasteiger partial charge in [-0.25, -0.2) is 13.2 Å². The third-order valence-corrected chi connectivity index (χ3v) is 7.05. The second kappa shape index (κ2) is 5.08. The van der Waals surface area contributed by atoms with E-state index < -0.39 is 16.0 Å². The number of carboxylic acids is 1. The van der Waals surface area contributed by atoms with Crippen molar-refractivity contribution in [2.24, 2.45) is 0 Å². The summed E-state index contributed by atoms with van der Waals surface area (Å²) in [6.45, 7) is 4.80. The van der Waals surface area contributed by atoms with Crippen molar-refractivity contribution in [3.8, 4) is 0 Å². The molecule has 8 heteroatoms.